The van der Waals surface area contributed by atoms with E-state index >= 15 is 0 Å². The minimum Gasteiger partial charge on any atom is -0.582 e. The molecule has 0 atom stereocenters. The fourth-order valence-corrected chi connectivity index (χ4v) is 0.809. The van der Waals surface area contributed by atoms with Gasteiger partial charge < -0.3 is 4.74 Å². The minimum absolute atomic E-state index is 0.0631. The molecule has 0 radical (unpaired) electrons. The van der Waals surface area contributed by atoms with Crippen molar-refractivity contribution in [2.24, 2.45) is 0 Å². The number of rotatable bonds is 1. The third kappa shape index (κ3) is 1.31. The number of aromatic hydroxyl groups is 1. The van der Waals surface area contributed by atoms with Crippen LogP contribution in [0.15, 0.2) is 12.1 Å². The van der Waals surface area contributed by atoms with Gasteiger partial charge in [-0.2, -0.15) is 4.39 Å². The highest BCUT2D eigenvalue weighted by molar-refractivity contribution is 5.29. The molecule has 1 aromatic rings. The van der Waals surface area contributed by atoms with E-state index < -0.39 is 11.6 Å². The molecule has 1 aromatic carbocycles. The molecule has 1 nitrogen and oxygen atoms in total. The Morgan fingerprint density at radius 3 is 2.36 bits per heavy atom. The lowest BCUT2D eigenvalue weighted by atomic mass is 10.2. The summed E-state index contributed by atoms with van der Waals surface area (Å²) in [7, 11) is 1.42. The van der Waals surface area contributed by atoms with Gasteiger partial charge in [0.05, 0.1) is 0 Å². The Morgan fingerprint density at radius 1 is 1.18 bits per heavy atom. The van der Waals surface area contributed by atoms with Crippen LogP contribution in [0.4, 0.5) is 8.78 Å². The van der Waals surface area contributed by atoms with E-state index in [1.165, 1.54) is 26.2 Å². The summed E-state index contributed by atoms with van der Waals surface area (Å²) in [6, 6.07) is 2.95. The Morgan fingerprint density at radius 2 is 1.82 bits per heavy atom. The van der Waals surface area contributed by atoms with Gasteiger partial charge in [0.15, 0.2) is 12.9 Å². The molecule has 0 spiro atoms. The summed E-state index contributed by atoms with van der Waals surface area (Å²) in [5, 5.41) is 0. The second-order valence-corrected chi connectivity index (χ2v) is 2.25. The first kappa shape index (κ1) is 7.98. The lowest BCUT2D eigenvalue weighted by Crippen LogP contribution is -1.91. The van der Waals surface area contributed by atoms with Crippen molar-refractivity contribution in [2.75, 3.05) is 7.11 Å². The fraction of sp³-hybridized carbons (Fsp3) is 0.250. The largest absolute Gasteiger partial charge is 0.582 e. The number of hydrogen-bond acceptors (Lipinski definition) is 0. The Balaban J connectivity index is 3.25. The Labute approximate surface area is 63.6 Å². The molecular formula is C8H9F2O+. The predicted octanol–water partition coefficient (Wildman–Crippen LogP) is 2.14. The highest BCUT2D eigenvalue weighted by Crippen LogP contribution is 2.21. The first-order valence-electron chi connectivity index (χ1n) is 3.21. The molecule has 0 aromatic heterocycles. The van der Waals surface area contributed by atoms with Gasteiger partial charge in [-0.25, -0.2) is 4.39 Å². The van der Waals surface area contributed by atoms with E-state index in [0.29, 0.717) is 5.56 Å². The summed E-state index contributed by atoms with van der Waals surface area (Å²) in [6.45, 7) is 1.51. The molecule has 11 heavy (non-hydrogen) atoms. The van der Waals surface area contributed by atoms with Gasteiger partial charge in [0.2, 0.25) is 0 Å². The van der Waals surface area contributed by atoms with Crippen LogP contribution in [0.2, 0.25) is 0 Å². The van der Waals surface area contributed by atoms with Gasteiger partial charge in [-0.1, -0.05) is 0 Å². The number of aryl methyl sites for hydroxylation is 1. The molecule has 0 aliphatic carbocycles. The molecule has 0 saturated carbocycles. The first-order valence-corrected chi connectivity index (χ1v) is 3.21. The summed E-state index contributed by atoms with van der Waals surface area (Å²) >= 11 is 0. The standard InChI is InChI=1S/C8H8F2O/c1-5-3-4-6(11-2)8(10)7(5)9/h3-4H,1-2H3/p+1. The maximum Gasteiger partial charge on any atom is 0.294 e. The Kier molecular flexibility index (Phi) is 2.08. The molecule has 0 unspecified atom stereocenters. The number of aliphatic hydroxyl groups is 1. The highest BCUT2D eigenvalue weighted by atomic mass is 19.2. The Bertz CT molecular complexity index is 271. The van der Waals surface area contributed by atoms with Crippen LogP contribution >= 0.6 is 0 Å². The van der Waals surface area contributed by atoms with E-state index in [9.17, 15) is 8.78 Å². The van der Waals surface area contributed by atoms with Gasteiger partial charge in [-0.3, -0.25) is 0 Å². The van der Waals surface area contributed by atoms with E-state index in [4.69, 9.17) is 0 Å². The molecule has 0 aliphatic heterocycles. The van der Waals surface area contributed by atoms with Crippen molar-refractivity contribution in [3.8, 4) is 5.75 Å². The first-order chi connectivity index (χ1) is 5.16. The van der Waals surface area contributed by atoms with Crippen LogP contribution in [0.25, 0.3) is 0 Å². The lowest BCUT2D eigenvalue weighted by Gasteiger charge is -2.00. The van der Waals surface area contributed by atoms with Crippen LogP contribution in [0.1, 0.15) is 5.56 Å². The zero-order valence-corrected chi connectivity index (χ0v) is 6.36. The van der Waals surface area contributed by atoms with Gasteiger partial charge in [0, 0.05) is 6.07 Å². The molecule has 0 aliphatic rings. The SMILES string of the molecule is C[OH+]c1ccc(C)c(F)c1F. The molecule has 1 N–H and O–H groups in total. The average molecular weight is 159 g/mol. The molecule has 0 heterocycles. The van der Waals surface area contributed by atoms with Crippen molar-refractivity contribution >= 4 is 0 Å². The Hall–Kier alpha value is -1.12. The quantitative estimate of drug-likeness (QED) is 0.557. The van der Waals surface area contributed by atoms with E-state index in [-0.39, 0.29) is 5.75 Å². The van der Waals surface area contributed by atoms with Crippen molar-refractivity contribution in [3.63, 3.8) is 0 Å². The fourth-order valence-electron chi connectivity index (χ4n) is 0.809. The molecule has 0 fully saturated rings. The zero-order valence-electron chi connectivity index (χ0n) is 6.36. The van der Waals surface area contributed by atoms with Gasteiger partial charge in [0.25, 0.3) is 11.6 Å². The van der Waals surface area contributed by atoms with E-state index in [1.807, 2.05) is 0 Å². The van der Waals surface area contributed by atoms with Crippen molar-refractivity contribution in [1.29, 1.82) is 0 Å². The third-order valence-corrected chi connectivity index (χ3v) is 1.50. The van der Waals surface area contributed by atoms with Crippen molar-refractivity contribution in [3.05, 3.63) is 29.3 Å². The van der Waals surface area contributed by atoms with Gasteiger partial charge >= 0.3 is 0 Å². The lowest BCUT2D eigenvalue weighted by molar-refractivity contribution is 0.124. The molecule has 0 saturated heterocycles. The second kappa shape index (κ2) is 2.86. The summed E-state index contributed by atoms with van der Waals surface area (Å²) in [6.07, 6.45) is 0. The average Bonchev–Trinajstić information content (AvgIpc) is 2.01. The van der Waals surface area contributed by atoms with Crippen LogP contribution in [0.5, 0.6) is 5.75 Å². The smallest absolute Gasteiger partial charge is 0.294 e. The van der Waals surface area contributed by atoms with Crippen LogP contribution in [0.3, 0.4) is 0 Å². The van der Waals surface area contributed by atoms with Gasteiger partial charge in [-0.05, 0) is 18.6 Å². The summed E-state index contributed by atoms with van der Waals surface area (Å²) in [4.78, 5) is 0. The highest BCUT2D eigenvalue weighted by Gasteiger charge is 2.14. The van der Waals surface area contributed by atoms with Crippen molar-refractivity contribution in [2.45, 2.75) is 6.92 Å². The summed E-state index contributed by atoms with van der Waals surface area (Å²) < 4.78 is 29.1. The monoisotopic (exact) mass is 159 g/mol. The second-order valence-electron chi connectivity index (χ2n) is 2.25. The molecule has 0 bridgehead atoms. The van der Waals surface area contributed by atoms with Crippen LogP contribution in [-0.2, 0) is 0 Å². The van der Waals surface area contributed by atoms with Crippen molar-refractivity contribution in [1.82, 2.24) is 0 Å². The molecule has 0 amide bonds. The van der Waals surface area contributed by atoms with E-state index in [0.717, 1.165) is 0 Å². The third-order valence-electron chi connectivity index (χ3n) is 1.50. The topological polar surface area (TPSA) is 12.8 Å². The van der Waals surface area contributed by atoms with Crippen LogP contribution in [-0.4, -0.2) is 11.8 Å². The zero-order chi connectivity index (χ0) is 8.43. The molecule has 3 heteroatoms. The van der Waals surface area contributed by atoms with Gasteiger partial charge in [-0.15, -0.1) is 0 Å². The number of ether oxygens (including phenoxy) is 1. The van der Waals surface area contributed by atoms with E-state index in [1.54, 1.807) is 0 Å². The maximum absolute atomic E-state index is 12.8. The maximum atomic E-state index is 12.8. The molecule has 60 valence electrons. The summed E-state index contributed by atoms with van der Waals surface area (Å²) in [5.74, 6) is -1.62. The van der Waals surface area contributed by atoms with Crippen LogP contribution < -0.4 is 0 Å². The minimum atomic E-state index is -0.868. The molecular weight excluding hydrogens is 150 g/mol. The normalized spacial score (nSPS) is 9.82. The number of benzene rings is 1. The predicted molar refractivity (Wildman–Crippen MR) is 38.7 cm³/mol. The van der Waals surface area contributed by atoms with Crippen molar-refractivity contribution < 1.29 is 13.5 Å². The van der Waals surface area contributed by atoms with Crippen LogP contribution in [0, 0.1) is 18.6 Å². The molecule has 1 rings (SSSR count). The summed E-state index contributed by atoms with van der Waals surface area (Å²) in [5.41, 5.74) is 0.301. The number of halogens is 2. The van der Waals surface area contributed by atoms with Gasteiger partial charge in [0.1, 0.15) is 0 Å². The van der Waals surface area contributed by atoms with E-state index in [2.05, 4.69) is 4.74 Å². The number of hydrogen-bond donors (Lipinski definition) is 0.